The number of Topliss-reactive ketones (excluding diaryl/α,β-unsaturated/α-hetero) is 1. The van der Waals surface area contributed by atoms with Crippen molar-refractivity contribution < 1.29 is 19.4 Å². The lowest BCUT2D eigenvalue weighted by molar-refractivity contribution is -0.117. The SMILES string of the molecule is COc1cccc(C2C(C(=O)c3sc(C)nc3C)=C(O)C(=O)N2c2cccc(C)c2C)c1. The fourth-order valence-corrected chi connectivity index (χ4v) is 4.95. The number of benzene rings is 2. The molecule has 1 N–H and O–H groups in total. The maximum Gasteiger partial charge on any atom is 0.294 e. The molecular formula is C25H24N2O4S. The Kier molecular flexibility index (Phi) is 5.60. The number of aliphatic hydroxyl groups excluding tert-OH is 1. The van der Waals surface area contributed by atoms with E-state index in [1.54, 1.807) is 32.2 Å². The first-order chi connectivity index (χ1) is 15.2. The molecule has 0 bridgehead atoms. The normalized spacial score (nSPS) is 16.1. The quantitative estimate of drug-likeness (QED) is 0.545. The molecule has 0 radical (unpaired) electrons. The Morgan fingerprint density at radius 3 is 2.50 bits per heavy atom. The summed E-state index contributed by atoms with van der Waals surface area (Å²) in [6.07, 6.45) is 0. The van der Waals surface area contributed by atoms with Gasteiger partial charge in [-0.2, -0.15) is 0 Å². The number of hydrogen-bond donors (Lipinski definition) is 1. The molecule has 0 saturated carbocycles. The van der Waals surface area contributed by atoms with Crippen molar-refractivity contribution in [2.75, 3.05) is 12.0 Å². The minimum Gasteiger partial charge on any atom is -0.503 e. The van der Waals surface area contributed by atoms with Gasteiger partial charge in [0.15, 0.2) is 5.76 Å². The molecule has 32 heavy (non-hydrogen) atoms. The van der Waals surface area contributed by atoms with Crippen LogP contribution in [0.2, 0.25) is 0 Å². The lowest BCUT2D eigenvalue weighted by atomic mass is 9.94. The van der Waals surface area contributed by atoms with E-state index in [9.17, 15) is 14.7 Å². The minimum absolute atomic E-state index is 0.0518. The molecule has 7 heteroatoms. The van der Waals surface area contributed by atoms with Crippen LogP contribution in [-0.2, 0) is 4.79 Å². The van der Waals surface area contributed by atoms with Crippen molar-refractivity contribution >= 4 is 28.7 Å². The van der Waals surface area contributed by atoms with Crippen molar-refractivity contribution in [2.45, 2.75) is 33.7 Å². The van der Waals surface area contributed by atoms with Gasteiger partial charge >= 0.3 is 0 Å². The molecular weight excluding hydrogens is 424 g/mol. The number of rotatable bonds is 5. The highest BCUT2D eigenvalue weighted by Crippen LogP contribution is 2.44. The maximum atomic E-state index is 13.6. The summed E-state index contributed by atoms with van der Waals surface area (Å²) in [6.45, 7) is 7.47. The standard InChI is InChI=1S/C25H24N2O4S/c1-13-8-6-11-19(14(13)2)27-21(17-9-7-10-18(12-17)31-5)20(23(29)25(27)30)22(28)24-15(3)26-16(4)32-24/h6-12,21,29H,1-5H3. The van der Waals surface area contributed by atoms with E-state index in [2.05, 4.69) is 4.98 Å². The van der Waals surface area contributed by atoms with Gasteiger partial charge in [0, 0.05) is 5.69 Å². The third-order valence-corrected chi connectivity index (χ3v) is 6.88. The molecule has 4 rings (SSSR count). The summed E-state index contributed by atoms with van der Waals surface area (Å²) in [5, 5.41) is 11.7. The Morgan fingerprint density at radius 2 is 1.84 bits per heavy atom. The fraction of sp³-hybridized carbons (Fsp3) is 0.240. The number of methoxy groups -OCH3 is 1. The highest BCUT2D eigenvalue weighted by atomic mass is 32.1. The Hall–Kier alpha value is -3.45. The number of thiazole rings is 1. The first kappa shape index (κ1) is 21.8. The molecule has 1 atom stereocenters. The number of ether oxygens (including phenoxy) is 1. The predicted octanol–water partition coefficient (Wildman–Crippen LogP) is 5.17. The molecule has 2 aromatic carbocycles. The van der Waals surface area contributed by atoms with E-state index >= 15 is 0 Å². The lowest BCUT2D eigenvalue weighted by Crippen LogP contribution is -2.31. The van der Waals surface area contributed by atoms with Crippen LogP contribution in [-0.4, -0.2) is 28.9 Å². The summed E-state index contributed by atoms with van der Waals surface area (Å²) in [7, 11) is 1.56. The summed E-state index contributed by atoms with van der Waals surface area (Å²) in [5.41, 5.74) is 3.86. The van der Waals surface area contributed by atoms with Crippen LogP contribution in [0.1, 0.15) is 43.1 Å². The molecule has 0 spiro atoms. The van der Waals surface area contributed by atoms with Crippen molar-refractivity contribution in [3.63, 3.8) is 0 Å². The molecule has 2 heterocycles. The number of carbonyl (C=O) groups is 2. The third kappa shape index (κ3) is 3.48. The number of aromatic nitrogens is 1. The van der Waals surface area contributed by atoms with Gasteiger partial charge in [-0.3, -0.25) is 14.5 Å². The van der Waals surface area contributed by atoms with E-state index in [1.165, 1.54) is 16.2 Å². The zero-order chi connectivity index (χ0) is 23.2. The van der Waals surface area contributed by atoms with Crippen LogP contribution in [0.25, 0.3) is 0 Å². The molecule has 164 valence electrons. The Bertz CT molecular complexity index is 1270. The van der Waals surface area contributed by atoms with Crippen molar-refractivity contribution in [3.05, 3.63) is 86.1 Å². The van der Waals surface area contributed by atoms with Gasteiger partial charge in [0.05, 0.1) is 34.3 Å². The smallest absolute Gasteiger partial charge is 0.294 e. The largest absolute Gasteiger partial charge is 0.503 e. The van der Waals surface area contributed by atoms with E-state index in [4.69, 9.17) is 4.74 Å². The molecule has 0 saturated heterocycles. The number of amides is 1. The van der Waals surface area contributed by atoms with Gasteiger partial charge in [-0.25, -0.2) is 4.98 Å². The predicted molar refractivity (Wildman–Crippen MR) is 125 cm³/mol. The van der Waals surface area contributed by atoms with Gasteiger partial charge < -0.3 is 9.84 Å². The minimum atomic E-state index is -0.799. The highest BCUT2D eigenvalue weighted by Gasteiger charge is 2.45. The summed E-state index contributed by atoms with van der Waals surface area (Å²) in [5.74, 6) is -0.929. The number of ketones is 1. The van der Waals surface area contributed by atoms with Crippen molar-refractivity contribution in [2.24, 2.45) is 0 Å². The summed E-state index contributed by atoms with van der Waals surface area (Å²) < 4.78 is 5.38. The number of anilines is 1. The van der Waals surface area contributed by atoms with Crippen LogP contribution < -0.4 is 9.64 Å². The second kappa shape index (κ2) is 8.24. The van der Waals surface area contributed by atoms with Crippen LogP contribution in [0.3, 0.4) is 0 Å². The Morgan fingerprint density at radius 1 is 1.12 bits per heavy atom. The van der Waals surface area contributed by atoms with E-state index in [0.29, 0.717) is 27.6 Å². The highest BCUT2D eigenvalue weighted by molar-refractivity contribution is 7.14. The third-order valence-electron chi connectivity index (χ3n) is 5.81. The average Bonchev–Trinajstić information content (AvgIpc) is 3.25. The van der Waals surface area contributed by atoms with Crippen molar-refractivity contribution in [3.8, 4) is 5.75 Å². The maximum absolute atomic E-state index is 13.6. The lowest BCUT2D eigenvalue weighted by Gasteiger charge is -2.29. The van der Waals surface area contributed by atoms with Crippen molar-refractivity contribution in [1.82, 2.24) is 4.98 Å². The average molecular weight is 449 g/mol. The fourth-order valence-electron chi connectivity index (χ4n) is 4.07. The second-order valence-corrected chi connectivity index (χ2v) is 9.02. The number of aliphatic hydroxyl groups is 1. The summed E-state index contributed by atoms with van der Waals surface area (Å²) in [6, 6.07) is 12.1. The number of carbonyl (C=O) groups excluding carboxylic acids is 2. The molecule has 1 aliphatic heterocycles. The monoisotopic (exact) mass is 448 g/mol. The van der Waals surface area contributed by atoms with E-state index in [-0.39, 0.29) is 11.4 Å². The first-order valence-electron chi connectivity index (χ1n) is 10.2. The number of hydrogen-bond acceptors (Lipinski definition) is 6. The zero-order valence-electron chi connectivity index (χ0n) is 18.6. The number of nitrogens with zero attached hydrogens (tertiary/aromatic N) is 2. The Balaban J connectivity index is 1.94. The van der Waals surface area contributed by atoms with Crippen LogP contribution in [0.15, 0.2) is 53.8 Å². The molecule has 6 nitrogen and oxygen atoms in total. The van der Waals surface area contributed by atoms with Gasteiger partial charge in [-0.05, 0) is 62.6 Å². The molecule has 3 aromatic rings. The van der Waals surface area contributed by atoms with Crippen LogP contribution in [0.5, 0.6) is 5.75 Å². The van der Waals surface area contributed by atoms with Gasteiger partial charge in [-0.15, -0.1) is 11.3 Å². The van der Waals surface area contributed by atoms with Gasteiger partial charge in [0.2, 0.25) is 5.78 Å². The van der Waals surface area contributed by atoms with Gasteiger partial charge in [-0.1, -0.05) is 24.3 Å². The van der Waals surface area contributed by atoms with E-state index < -0.39 is 17.7 Å². The van der Waals surface area contributed by atoms with Crippen molar-refractivity contribution in [1.29, 1.82) is 0 Å². The molecule has 1 aliphatic rings. The topological polar surface area (TPSA) is 79.7 Å². The molecule has 0 fully saturated rings. The van der Waals surface area contributed by atoms with Crippen LogP contribution >= 0.6 is 11.3 Å². The number of aryl methyl sites for hydroxylation is 3. The Labute approximate surface area is 190 Å². The van der Waals surface area contributed by atoms with Crippen LogP contribution in [0.4, 0.5) is 5.69 Å². The van der Waals surface area contributed by atoms with E-state index in [1.807, 2.05) is 45.0 Å². The first-order valence-corrected chi connectivity index (χ1v) is 11.0. The molecule has 0 aliphatic carbocycles. The molecule has 1 unspecified atom stereocenters. The van der Waals surface area contributed by atoms with Gasteiger partial charge in [0.25, 0.3) is 5.91 Å². The second-order valence-electron chi connectivity index (χ2n) is 7.81. The summed E-state index contributed by atoms with van der Waals surface area (Å²) >= 11 is 1.26. The van der Waals surface area contributed by atoms with Gasteiger partial charge in [0.1, 0.15) is 5.75 Å². The molecule has 1 amide bonds. The van der Waals surface area contributed by atoms with E-state index in [0.717, 1.165) is 16.1 Å². The van der Waals surface area contributed by atoms with Crippen LogP contribution in [0, 0.1) is 27.7 Å². The zero-order valence-corrected chi connectivity index (χ0v) is 19.4. The molecule has 1 aromatic heterocycles. The summed E-state index contributed by atoms with van der Waals surface area (Å²) in [4.78, 5) is 33.3.